The second kappa shape index (κ2) is 4.57. The van der Waals surface area contributed by atoms with Crippen molar-refractivity contribution in [3.05, 3.63) is 0 Å². The molecule has 0 aromatic carbocycles. The lowest BCUT2D eigenvalue weighted by atomic mass is 10.3. The average molecular weight is 222 g/mol. The van der Waals surface area contributed by atoms with Gasteiger partial charge in [0, 0.05) is 26.2 Å². The summed E-state index contributed by atoms with van der Waals surface area (Å²) in [5, 5.41) is 0. The van der Waals surface area contributed by atoms with Crippen molar-refractivity contribution >= 4 is 10.0 Å². The molecule has 2 N–H and O–H groups in total. The lowest BCUT2D eigenvalue weighted by molar-refractivity contribution is 0.135. The molecular formula is C8H18N2O3S. The molecule has 2 atom stereocenters. The van der Waals surface area contributed by atoms with Crippen molar-refractivity contribution in [1.82, 2.24) is 4.31 Å². The van der Waals surface area contributed by atoms with E-state index in [2.05, 4.69) is 0 Å². The van der Waals surface area contributed by atoms with Crippen molar-refractivity contribution in [2.75, 3.05) is 26.0 Å². The molecule has 1 aliphatic rings. The SMILES string of the molecule is COC(C)CS(=O)(=O)N1CCC(N)C1. The zero-order chi connectivity index (χ0) is 10.8. The first-order valence-corrected chi connectivity index (χ1v) is 6.33. The molecule has 2 unspecified atom stereocenters. The fraction of sp³-hybridized carbons (Fsp3) is 1.00. The van der Waals surface area contributed by atoms with Gasteiger partial charge < -0.3 is 10.5 Å². The van der Waals surface area contributed by atoms with Crippen LogP contribution in [0.1, 0.15) is 13.3 Å². The highest BCUT2D eigenvalue weighted by molar-refractivity contribution is 7.89. The molecule has 0 amide bonds. The van der Waals surface area contributed by atoms with E-state index in [0.29, 0.717) is 13.1 Å². The Hall–Kier alpha value is -0.170. The minimum atomic E-state index is -3.18. The summed E-state index contributed by atoms with van der Waals surface area (Å²) in [5.74, 6) is 0.0379. The Kier molecular flexibility index (Phi) is 3.88. The normalized spacial score (nSPS) is 26.6. The van der Waals surface area contributed by atoms with Crippen molar-refractivity contribution in [3.8, 4) is 0 Å². The fourth-order valence-electron chi connectivity index (χ4n) is 1.48. The van der Waals surface area contributed by atoms with Gasteiger partial charge in [-0.3, -0.25) is 0 Å². The maximum atomic E-state index is 11.7. The minimum Gasteiger partial charge on any atom is -0.381 e. The van der Waals surface area contributed by atoms with Crippen molar-refractivity contribution in [3.63, 3.8) is 0 Å². The van der Waals surface area contributed by atoms with Crippen molar-refractivity contribution in [2.24, 2.45) is 5.73 Å². The van der Waals surface area contributed by atoms with Crippen LogP contribution < -0.4 is 5.73 Å². The third-order valence-electron chi connectivity index (χ3n) is 2.43. The second-order valence-corrected chi connectivity index (χ2v) is 5.75. The first kappa shape index (κ1) is 11.9. The van der Waals surface area contributed by atoms with E-state index in [-0.39, 0.29) is 17.9 Å². The molecule has 1 saturated heterocycles. The summed E-state index contributed by atoms with van der Waals surface area (Å²) in [6.07, 6.45) is 0.484. The summed E-state index contributed by atoms with van der Waals surface area (Å²) in [7, 11) is -1.67. The summed E-state index contributed by atoms with van der Waals surface area (Å²) in [4.78, 5) is 0. The molecule has 1 rings (SSSR count). The van der Waals surface area contributed by atoms with Crippen LogP contribution in [0.3, 0.4) is 0 Å². The first-order chi connectivity index (χ1) is 6.45. The topological polar surface area (TPSA) is 72.6 Å². The summed E-state index contributed by atoms with van der Waals surface area (Å²) in [6, 6.07) is -0.0115. The molecule has 0 aromatic heterocycles. The molecule has 1 fully saturated rings. The standard InChI is InChI=1S/C8H18N2O3S/c1-7(13-2)6-14(11,12)10-4-3-8(9)5-10/h7-8H,3-6,9H2,1-2H3. The summed E-state index contributed by atoms with van der Waals surface area (Å²) >= 11 is 0. The highest BCUT2D eigenvalue weighted by Crippen LogP contribution is 2.13. The van der Waals surface area contributed by atoms with Gasteiger partial charge in [-0.2, -0.15) is 0 Å². The predicted octanol–water partition coefficient (Wildman–Crippen LogP) is -0.616. The molecule has 0 saturated carbocycles. The number of nitrogens with zero attached hydrogens (tertiary/aromatic N) is 1. The van der Waals surface area contributed by atoms with Gasteiger partial charge in [-0.1, -0.05) is 0 Å². The third kappa shape index (κ3) is 2.91. The van der Waals surface area contributed by atoms with Gasteiger partial charge in [-0.25, -0.2) is 12.7 Å². The predicted molar refractivity (Wildman–Crippen MR) is 54.4 cm³/mol. The van der Waals surface area contributed by atoms with Crippen LogP contribution in [-0.4, -0.2) is 50.8 Å². The van der Waals surface area contributed by atoms with Gasteiger partial charge in [0.25, 0.3) is 0 Å². The number of hydrogen-bond donors (Lipinski definition) is 1. The van der Waals surface area contributed by atoms with Gasteiger partial charge >= 0.3 is 0 Å². The number of ether oxygens (including phenoxy) is 1. The maximum absolute atomic E-state index is 11.7. The van der Waals surface area contributed by atoms with E-state index in [0.717, 1.165) is 6.42 Å². The van der Waals surface area contributed by atoms with Crippen LogP contribution in [0.5, 0.6) is 0 Å². The Bertz CT molecular complexity index is 278. The van der Waals surface area contributed by atoms with Gasteiger partial charge in [0.2, 0.25) is 10.0 Å². The monoisotopic (exact) mass is 222 g/mol. The number of rotatable bonds is 4. The van der Waals surface area contributed by atoms with Gasteiger partial charge in [0.15, 0.2) is 0 Å². The van der Waals surface area contributed by atoms with Gasteiger partial charge in [0.05, 0.1) is 11.9 Å². The van der Waals surface area contributed by atoms with E-state index >= 15 is 0 Å². The molecular weight excluding hydrogens is 204 g/mol. The van der Waals surface area contributed by atoms with Crippen molar-refractivity contribution < 1.29 is 13.2 Å². The zero-order valence-electron chi connectivity index (χ0n) is 8.64. The number of sulfonamides is 1. The molecule has 0 spiro atoms. The van der Waals surface area contributed by atoms with Crippen molar-refractivity contribution in [2.45, 2.75) is 25.5 Å². The quantitative estimate of drug-likeness (QED) is 0.688. The molecule has 0 aromatic rings. The Labute approximate surface area is 85.3 Å². The van der Waals surface area contributed by atoms with E-state index in [1.165, 1.54) is 11.4 Å². The number of methoxy groups -OCH3 is 1. The third-order valence-corrected chi connectivity index (χ3v) is 4.44. The van der Waals surface area contributed by atoms with Gasteiger partial charge in [0.1, 0.15) is 0 Å². The number of hydrogen-bond acceptors (Lipinski definition) is 4. The first-order valence-electron chi connectivity index (χ1n) is 4.72. The average Bonchev–Trinajstić information content (AvgIpc) is 2.51. The zero-order valence-corrected chi connectivity index (χ0v) is 9.46. The Morgan fingerprint density at radius 1 is 1.64 bits per heavy atom. The van der Waals surface area contributed by atoms with Crippen LogP contribution >= 0.6 is 0 Å². The van der Waals surface area contributed by atoms with E-state index in [1.54, 1.807) is 6.92 Å². The van der Waals surface area contributed by atoms with Crippen LogP contribution in [-0.2, 0) is 14.8 Å². The van der Waals surface area contributed by atoms with Crippen LogP contribution in [0.25, 0.3) is 0 Å². The van der Waals surface area contributed by atoms with Crippen molar-refractivity contribution in [1.29, 1.82) is 0 Å². The van der Waals surface area contributed by atoms with E-state index in [1.807, 2.05) is 0 Å². The van der Waals surface area contributed by atoms with Crippen LogP contribution in [0, 0.1) is 0 Å². The summed E-state index contributed by atoms with van der Waals surface area (Å²) in [5.41, 5.74) is 5.65. The highest BCUT2D eigenvalue weighted by atomic mass is 32.2. The molecule has 0 bridgehead atoms. The second-order valence-electron chi connectivity index (χ2n) is 3.73. The van der Waals surface area contributed by atoms with Gasteiger partial charge in [-0.15, -0.1) is 0 Å². The van der Waals surface area contributed by atoms with Crippen LogP contribution in [0.15, 0.2) is 0 Å². The summed E-state index contributed by atoms with van der Waals surface area (Å²) < 4.78 is 29.9. The van der Waals surface area contributed by atoms with Gasteiger partial charge in [-0.05, 0) is 13.3 Å². The van der Waals surface area contributed by atoms with Crippen LogP contribution in [0.4, 0.5) is 0 Å². The molecule has 0 aliphatic carbocycles. The molecule has 14 heavy (non-hydrogen) atoms. The van der Waals surface area contributed by atoms with E-state index < -0.39 is 10.0 Å². The van der Waals surface area contributed by atoms with E-state index in [9.17, 15) is 8.42 Å². The Morgan fingerprint density at radius 2 is 2.29 bits per heavy atom. The molecule has 1 aliphatic heterocycles. The lowest BCUT2D eigenvalue weighted by Crippen LogP contribution is -2.36. The molecule has 5 nitrogen and oxygen atoms in total. The van der Waals surface area contributed by atoms with E-state index in [4.69, 9.17) is 10.5 Å². The Morgan fingerprint density at radius 3 is 2.71 bits per heavy atom. The number of nitrogens with two attached hydrogens (primary N) is 1. The molecule has 84 valence electrons. The Balaban J connectivity index is 2.57. The molecule has 0 radical (unpaired) electrons. The maximum Gasteiger partial charge on any atom is 0.216 e. The fourth-order valence-corrected chi connectivity index (χ4v) is 3.22. The molecule has 6 heteroatoms. The lowest BCUT2D eigenvalue weighted by Gasteiger charge is -2.18. The highest BCUT2D eigenvalue weighted by Gasteiger charge is 2.30. The smallest absolute Gasteiger partial charge is 0.216 e. The molecule has 1 heterocycles. The largest absolute Gasteiger partial charge is 0.381 e. The summed E-state index contributed by atoms with van der Waals surface area (Å²) in [6.45, 7) is 2.73. The van der Waals surface area contributed by atoms with Crippen LogP contribution in [0.2, 0.25) is 0 Å². The minimum absolute atomic E-state index is 0.0115.